The minimum atomic E-state index is -0.548. The van der Waals surface area contributed by atoms with Gasteiger partial charge in [0.05, 0.1) is 18.3 Å². The summed E-state index contributed by atoms with van der Waals surface area (Å²) in [6, 6.07) is 0. The maximum absolute atomic E-state index is 12.9. The Morgan fingerprint density at radius 1 is 1.02 bits per heavy atom. The second-order valence-electron chi connectivity index (χ2n) is 17.9. The Morgan fingerprint density at radius 2 is 1.71 bits per heavy atom. The molecule has 8 heteroatoms. The van der Waals surface area contributed by atoms with Gasteiger partial charge in [-0.15, -0.1) is 0 Å². The Hall–Kier alpha value is -1.54. The first kappa shape index (κ1) is 32.0. The number of nitrogens with zero attached hydrogens (tertiary/aromatic N) is 1. The van der Waals surface area contributed by atoms with Crippen LogP contribution < -0.4 is 5.32 Å². The van der Waals surface area contributed by atoms with Crippen LogP contribution in [0.5, 0.6) is 0 Å². The number of likely N-dealkylation sites (tertiary alicyclic amines) is 1. The number of aliphatic hydroxyl groups excluding tert-OH is 1. The molecule has 8 nitrogen and oxygen atoms in total. The molecule has 4 unspecified atom stereocenters. The molecule has 0 aromatic carbocycles. The van der Waals surface area contributed by atoms with Crippen molar-refractivity contribution in [2.45, 2.75) is 144 Å². The highest BCUT2D eigenvalue weighted by Gasteiger charge is 2.84. The van der Waals surface area contributed by atoms with Gasteiger partial charge in [-0.3, -0.25) is 0 Å². The molecule has 0 aromatic rings. The molecule has 0 radical (unpaired) electrons. The summed E-state index contributed by atoms with van der Waals surface area (Å²) in [5, 5.41) is 15.3. The van der Waals surface area contributed by atoms with Crippen LogP contribution in [0.25, 0.3) is 0 Å². The molecule has 0 aromatic heterocycles. The van der Waals surface area contributed by atoms with Crippen LogP contribution in [0.1, 0.15) is 113 Å². The van der Waals surface area contributed by atoms with E-state index in [1.807, 2.05) is 11.8 Å². The van der Waals surface area contributed by atoms with E-state index in [0.29, 0.717) is 24.3 Å². The summed E-state index contributed by atoms with van der Waals surface area (Å²) in [6.07, 6.45) is 7.98. The topological polar surface area (TPSA) is 97.3 Å². The minimum Gasteiger partial charge on any atom is -0.446 e. The van der Waals surface area contributed by atoms with Crippen molar-refractivity contribution in [1.82, 2.24) is 10.2 Å². The van der Waals surface area contributed by atoms with Crippen molar-refractivity contribution in [1.29, 1.82) is 0 Å². The lowest BCUT2D eigenvalue weighted by Crippen LogP contribution is -2.60. The number of rotatable bonds is 5. The van der Waals surface area contributed by atoms with Crippen molar-refractivity contribution >= 4 is 12.2 Å². The molecule has 7 fully saturated rings. The van der Waals surface area contributed by atoms with Gasteiger partial charge in [-0.05, 0) is 111 Å². The highest BCUT2D eigenvalue weighted by atomic mass is 16.6. The van der Waals surface area contributed by atoms with E-state index in [4.69, 9.17) is 14.2 Å². The van der Waals surface area contributed by atoms with Crippen LogP contribution in [0.4, 0.5) is 9.59 Å². The first-order valence-corrected chi connectivity index (χ1v) is 18.4. The number of ether oxygens (including phenoxy) is 3. The van der Waals surface area contributed by atoms with Gasteiger partial charge in [0.1, 0.15) is 12.2 Å². The fourth-order valence-electron chi connectivity index (χ4n) is 13.4. The Labute approximate surface area is 271 Å². The summed E-state index contributed by atoms with van der Waals surface area (Å²) in [7, 11) is 0. The zero-order valence-electron chi connectivity index (χ0n) is 29.2. The standard InChI is InChI=1S/C37H60N2O6/c1-9-38-31(41)45-28(21(2)3)23-19-22(4)27-29(43-23)30(40)35(8)25-12-11-24-33(5,6)26(44-32(42)39-17-10-18-39)13-14-36(24)20-37(25,36)16-15-34(27,35)7/h21-30,40H,9-20H2,1-8H3,(H,38,41)/t22-,23?,24+,25?,26+,27+,28-,29?,30+,34-,35-,36?,37+/m1/s1. The molecule has 0 bridgehead atoms. The van der Waals surface area contributed by atoms with Crippen LogP contribution in [0, 0.1) is 56.7 Å². The molecule has 7 rings (SSSR count). The zero-order chi connectivity index (χ0) is 32.3. The Bertz CT molecular complexity index is 1200. The predicted octanol–water partition coefficient (Wildman–Crippen LogP) is 6.78. The molecule has 45 heavy (non-hydrogen) atoms. The maximum atomic E-state index is 12.9. The Balaban J connectivity index is 1.14. The quantitative estimate of drug-likeness (QED) is 0.348. The van der Waals surface area contributed by atoms with Crippen LogP contribution in [0.3, 0.4) is 0 Å². The van der Waals surface area contributed by atoms with E-state index in [0.717, 1.165) is 58.0 Å². The van der Waals surface area contributed by atoms with Crippen molar-refractivity contribution in [2.75, 3.05) is 19.6 Å². The fourth-order valence-corrected chi connectivity index (χ4v) is 13.4. The minimum absolute atomic E-state index is 0.0127. The summed E-state index contributed by atoms with van der Waals surface area (Å²) in [5.41, 5.74) is 0.234. The third-order valence-corrected chi connectivity index (χ3v) is 15.7. The summed E-state index contributed by atoms with van der Waals surface area (Å²) < 4.78 is 19.1. The highest BCUT2D eigenvalue weighted by molar-refractivity contribution is 5.68. The van der Waals surface area contributed by atoms with E-state index >= 15 is 0 Å². The molecule has 7 aliphatic rings. The van der Waals surface area contributed by atoms with Gasteiger partial charge in [-0.2, -0.15) is 0 Å². The molecule has 2 spiro atoms. The van der Waals surface area contributed by atoms with E-state index in [-0.39, 0.29) is 75.5 Å². The average molecular weight is 629 g/mol. The molecule has 5 saturated carbocycles. The van der Waals surface area contributed by atoms with Crippen molar-refractivity contribution in [3.05, 3.63) is 0 Å². The highest BCUT2D eigenvalue weighted by Crippen LogP contribution is 2.89. The third kappa shape index (κ3) is 4.15. The molecule has 2 saturated heterocycles. The molecular formula is C37H60N2O6. The maximum Gasteiger partial charge on any atom is 0.410 e. The Morgan fingerprint density at radius 3 is 2.36 bits per heavy atom. The molecule has 2 heterocycles. The molecule has 2 aliphatic heterocycles. The number of hydrogen-bond donors (Lipinski definition) is 2. The Kier molecular flexibility index (Phi) is 7.46. The number of nitrogens with one attached hydrogen (secondary N) is 1. The van der Waals surface area contributed by atoms with Gasteiger partial charge in [0, 0.05) is 30.5 Å². The number of fused-ring (bicyclic) bond motifs is 4. The fraction of sp³-hybridized carbons (Fsp3) is 0.946. The van der Waals surface area contributed by atoms with E-state index in [2.05, 4.69) is 53.8 Å². The van der Waals surface area contributed by atoms with Crippen LogP contribution in [0.15, 0.2) is 0 Å². The number of amides is 2. The second-order valence-corrected chi connectivity index (χ2v) is 17.9. The van der Waals surface area contributed by atoms with E-state index in [9.17, 15) is 14.7 Å². The number of carbonyl (C=O) groups excluding carboxylic acids is 2. The SMILES string of the molecule is CCNC(=O)O[C@H](C(C)C)C1C[C@@H](C)[C@H]2C(O1)[C@H](O)[C@@]1(C)C3CC[C@H]4C(C)(C)[C@@H](OC(=O)N5CCC5)CCC45C[C@@]35CC[C@]21C. The number of carbonyl (C=O) groups is 2. The lowest BCUT2D eigenvalue weighted by Gasteiger charge is -2.63. The third-order valence-electron chi connectivity index (χ3n) is 15.7. The first-order valence-electron chi connectivity index (χ1n) is 18.4. The zero-order valence-corrected chi connectivity index (χ0v) is 29.2. The number of aliphatic hydroxyl groups is 1. The average Bonchev–Trinajstić information content (AvgIpc) is 3.57. The van der Waals surface area contributed by atoms with Gasteiger partial charge in [-0.1, -0.05) is 48.5 Å². The van der Waals surface area contributed by atoms with Crippen molar-refractivity contribution in [3.63, 3.8) is 0 Å². The van der Waals surface area contributed by atoms with Crippen LogP contribution >= 0.6 is 0 Å². The van der Waals surface area contributed by atoms with Gasteiger partial charge in [0.2, 0.25) is 0 Å². The number of hydrogen-bond acceptors (Lipinski definition) is 6. The van der Waals surface area contributed by atoms with Gasteiger partial charge in [0.15, 0.2) is 0 Å². The van der Waals surface area contributed by atoms with Crippen LogP contribution in [-0.2, 0) is 14.2 Å². The second kappa shape index (κ2) is 10.5. The lowest BCUT2D eigenvalue weighted by atomic mass is 9.41. The molecular weight excluding hydrogens is 568 g/mol. The normalized spacial score (nSPS) is 49.7. The van der Waals surface area contributed by atoms with Gasteiger partial charge < -0.3 is 29.5 Å². The predicted molar refractivity (Wildman–Crippen MR) is 171 cm³/mol. The van der Waals surface area contributed by atoms with Crippen LogP contribution in [0.2, 0.25) is 0 Å². The molecule has 13 atom stereocenters. The summed E-state index contributed by atoms with van der Waals surface area (Å²) in [6.45, 7) is 20.3. The van der Waals surface area contributed by atoms with Crippen molar-refractivity contribution in [3.8, 4) is 0 Å². The first-order chi connectivity index (χ1) is 21.2. The molecule has 2 N–H and O–H groups in total. The smallest absolute Gasteiger partial charge is 0.410 e. The van der Waals surface area contributed by atoms with Crippen molar-refractivity contribution in [2.24, 2.45) is 56.7 Å². The number of alkyl carbamates (subject to hydrolysis) is 1. The monoisotopic (exact) mass is 628 g/mol. The largest absolute Gasteiger partial charge is 0.446 e. The van der Waals surface area contributed by atoms with Crippen LogP contribution in [-0.4, -0.2) is 72.3 Å². The van der Waals surface area contributed by atoms with E-state index < -0.39 is 6.10 Å². The summed E-state index contributed by atoms with van der Waals surface area (Å²) in [4.78, 5) is 27.2. The summed E-state index contributed by atoms with van der Waals surface area (Å²) >= 11 is 0. The summed E-state index contributed by atoms with van der Waals surface area (Å²) in [5.74, 6) is 1.75. The van der Waals surface area contributed by atoms with E-state index in [1.165, 1.54) is 12.8 Å². The van der Waals surface area contributed by atoms with E-state index in [1.54, 1.807) is 0 Å². The lowest BCUT2D eigenvalue weighted by molar-refractivity contribution is -0.185. The van der Waals surface area contributed by atoms with Crippen molar-refractivity contribution < 1.29 is 28.9 Å². The molecule has 5 aliphatic carbocycles. The molecule has 2 amide bonds. The van der Waals surface area contributed by atoms with Gasteiger partial charge in [0.25, 0.3) is 0 Å². The van der Waals surface area contributed by atoms with Gasteiger partial charge >= 0.3 is 12.2 Å². The van der Waals surface area contributed by atoms with Gasteiger partial charge in [-0.25, -0.2) is 9.59 Å². The molecule has 254 valence electrons.